The van der Waals surface area contributed by atoms with Crippen molar-refractivity contribution >= 4 is 26.9 Å². The van der Waals surface area contributed by atoms with E-state index in [-0.39, 0.29) is 33.2 Å². The molecule has 2 heterocycles. The van der Waals surface area contributed by atoms with Crippen molar-refractivity contribution in [1.82, 2.24) is 14.5 Å². The molecule has 2 rings (SSSR count). The second kappa shape index (κ2) is 5.22. The molecule has 5 nitrogen and oxygen atoms in total. The van der Waals surface area contributed by atoms with Crippen molar-refractivity contribution in [2.45, 2.75) is 45.6 Å². The van der Waals surface area contributed by atoms with Gasteiger partial charge in [0.1, 0.15) is 17.1 Å². The summed E-state index contributed by atoms with van der Waals surface area (Å²) in [5.41, 5.74) is -1.46. The summed E-state index contributed by atoms with van der Waals surface area (Å²) < 4.78 is 45.6. The van der Waals surface area contributed by atoms with Crippen molar-refractivity contribution in [3.63, 3.8) is 0 Å². The average molecular weight is 319 g/mol. The van der Waals surface area contributed by atoms with Crippen LogP contribution in [-0.4, -0.2) is 49.0 Å². The van der Waals surface area contributed by atoms with E-state index in [9.17, 15) is 18.0 Å². The van der Waals surface area contributed by atoms with E-state index in [1.54, 1.807) is 25.3 Å². The summed E-state index contributed by atoms with van der Waals surface area (Å²) in [6, 6.07) is 0. The van der Waals surface area contributed by atoms with Gasteiger partial charge in [0.05, 0.1) is 6.54 Å². The Kier molecular flexibility index (Phi) is 4.02. The molecule has 1 amide bonds. The molecular weight excluding hydrogens is 302 g/mol. The van der Waals surface area contributed by atoms with E-state index in [1.807, 2.05) is 0 Å². The molecule has 0 radical (unpaired) electrons. The fraction of sp³-hybridized carbons (Fsp3) is 0.667. The predicted molar refractivity (Wildman–Crippen MR) is 72.1 cm³/mol. The lowest BCUT2D eigenvalue weighted by Gasteiger charge is -2.30. The third kappa shape index (κ3) is 3.53. The first-order valence-corrected chi connectivity index (χ1v) is 7.60. The number of hydrogen-bond donors (Lipinski definition) is 0. The quantitative estimate of drug-likeness (QED) is 0.668. The zero-order chi connectivity index (χ0) is 16.0. The smallest absolute Gasteiger partial charge is 0.433 e. The van der Waals surface area contributed by atoms with Gasteiger partial charge in [-0.15, -0.1) is 0 Å². The number of rotatable bonds is 0. The fourth-order valence-electron chi connectivity index (χ4n) is 2.23. The predicted octanol–water partition coefficient (Wildman–Crippen LogP) is 0.911. The van der Waals surface area contributed by atoms with Crippen LogP contribution in [0.3, 0.4) is 0 Å². The number of fused-ring (bicyclic) bond motifs is 1. The van der Waals surface area contributed by atoms with Gasteiger partial charge in [0.25, 0.3) is 16.3 Å². The molecule has 0 N–H and O–H groups in total. The number of aromatic nitrogens is 2. The molecule has 9 heteroatoms. The molecule has 0 saturated carbocycles. The monoisotopic (exact) mass is 319 g/mol. The van der Waals surface area contributed by atoms with Crippen LogP contribution in [0.2, 0.25) is 0 Å². The first kappa shape index (κ1) is 16.2. The number of carbonyl (C=O) groups excluding carboxylic acids is 1. The van der Waals surface area contributed by atoms with Crippen LogP contribution in [-0.2, 0) is 24.0 Å². The standard InChI is InChI=1S/C12H15F3N3O2.Al.2H/c1-11(2,3)20-10(19)18-5-4-17-6-8(12(13,14)15)16-9(17)7-18;;;/h4-5,7H2,1-3H3;;;. The number of carbonyl (C=O) groups is 1. The van der Waals surface area contributed by atoms with Gasteiger partial charge in [-0.3, -0.25) is 4.90 Å². The van der Waals surface area contributed by atoms with Gasteiger partial charge in [0.15, 0.2) is 0 Å². The summed E-state index contributed by atoms with van der Waals surface area (Å²) in [5.74, 6) is 0.268. The Hall–Kier alpha value is -1.20. The molecule has 1 aliphatic rings. The van der Waals surface area contributed by atoms with Crippen molar-refractivity contribution in [3.8, 4) is 0 Å². The molecular formula is C12H17AlF3N3O2. The van der Waals surface area contributed by atoms with Crippen LogP contribution < -0.4 is 4.56 Å². The maximum absolute atomic E-state index is 12.9. The van der Waals surface area contributed by atoms with Gasteiger partial charge in [0.2, 0.25) is 0 Å². The van der Waals surface area contributed by atoms with E-state index in [4.69, 9.17) is 4.74 Å². The minimum Gasteiger partial charge on any atom is -0.444 e. The first-order valence-electron chi connectivity index (χ1n) is 6.60. The third-order valence-corrected chi connectivity index (χ3v) is 4.16. The minimum absolute atomic E-state index is 0.0419. The van der Waals surface area contributed by atoms with E-state index < -0.39 is 23.6 Å². The number of alkyl halides is 3. The Morgan fingerprint density at radius 3 is 2.43 bits per heavy atom. The Bertz CT molecular complexity index is 563. The van der Waals surface area contributed by atoms with Crippen LogP contribution in [0, 0.1) is 0 Å². The highest BCUT2D eigenvalue weighted by Gasteiger charge is 2.38. The van der Waals surface area contributed by atoms with Gasteiger partial charge in [-0.2, -0.15) is 13.2 Å². The summed E-state index contributed by atoms with van der Waals surface area (Å²) in [6.45, 7) is 5.91. The Morgan fingerprint density at radius 2 is 1.90 bits per heavy atom. The van der Waals surface area contributed by atoms with Gasteiger partial charge in [-0.25, -0.2) is 9.78 Å². The van der Waals surface area contributed by atoms with Gasteiger partial charge in [-0.05, 0) is 25.3 Å². The lowest BCUT2D eigenvalue weighted by Crippen LogP contribution is -2.43. The maximum Gasteiger partial charge on any atom is 0.433 e. The van der Waals surface area contributed by atoms with Gasteiger partial charge in [0, 0.05) is 13.1 Å². The molecule has 0 aromatic carbocycles. The van der Waals surface area contributed by atoms with Crippen LogP contribution in [0.5, 0.6) is 0 Å². The molecule has 21 heavy (non-hydrogen) atoms. The maximum atomic E-state index is 12.9. The van der Waals surface area contributed by atoms with Crippen LogP contribution in [0.15, 0.2) is 0 Å². The Balaban J connectivity index is 2.20. The van der Waals surface area contributed by atoms with Gasteiger partial charge < -0.3 is 9.30 Å². The lowest BCUT2D eigenvalue weighted by molar-refractivity contribution is -0.140. The van der Waals surface area contributed by atoms with E-state index >= 15 is 0 Å². The summed E-state index contributed by atoms with van der Waals surface area (Å²) in [5, 5.41) is 0. The van der Waals surface area contributed by atoms with E-state index in [0.717, 1.165) is 0 Å². The molecule has 1 aromatic heterocycles. The number of imidazole rings is 1. The largest absolute Gasteiger partial charge is 0.444 e. The molecule has 0 aliphatic carbocycles. The number of halogens is 3. The first-order chi connectivity index (χ1) is 9.49. The lowest BCUT2D eigenvalue weighted by atomic mass is 10.2. The van der Waals surface area contributed by atoms with E-state index in [0.29, 0.717) is 13.1 Å². The van der Waals surface area contributed by atoms with Crippen molar-refractivity contribution in [1.29, 1.82) is 0 Å². The molecule has 0 unspecified atom stereocenters. The molecule has 0 atom stereocenters. The van der Waals surface area contributed by atoms with E-state index in [1.165, 1.54) is 4.90 Å². The van der Waals surface area contributed by atoms with Crippen molar-refractivity contribution in [2.24, 2.45) is 0 Å². The molecule has 0 bridgehead atoms. The number of hydrogen-bond acceptors (Lipinski definition) is 3. The summed E-state index contributed by atoms with van der Waals surface area (Å²) >= 11 is 0.256. The fourth-order valence-corrected chi connectivity index (χ4v) is 3.11. The second-order valence-electron chi connectivity index (χ2n) is 6.01. The van der Waals surface area contributed by atoms with E-state index in [2.05, 4.69) is 4.98 Å². The molecule has 0 saturated heterocycles. The zero-order valence-corrected chi connectivity index (χ0v) is 14.4. The number of ether oxygens (including phenoxy) is 1. The van der Waals surface area contributed by atoms with Crippen molar-refractivity contribution in [2.75, 3.05) is 6.54 Å². The van der Waals surface area contributed by atoms with Crippen molar-refractivity contribution < 1.29 is 22.7 Å². The number of amides is 1. The molecule has 1 aliphatic heterocycles. The highest BCUT2D eigenvalue weighted by Crippen LogP contribution is 2.28. The number of nitrogens with zero attached hydrogens (tertiary/aromatic N) is 3. The SMILES string of the molecule is CC(C)(C)OC(=O)N1CCn2c(nc(C(F)(F)F)[c]2[AlH2])C1. The van der Waals surface area contributed by atoms with Crippen LogP contribution in [0.1, 0.15) is 32.3 Å². The third-order valence-electron chi connectivity index (χ3n) is 3.15. The van der Waals surface area contributed by atoms with Gasteiger partial charge in [-0.1, -0.05) is 0 Å². The van der Waals surface area contributed by atoms with Crippen molar-refractivity contribution in [3.05, 3.63) is 11.5 Å². The minimum atomic E-state index is -4.45. The summed E-state index contributed by atoms with van der Waals surface area (Å²) in [7, 11) is 0. The molecule has 0 fully saturated rings. The zero-order valence-electron chi connectivity index (χ0n) is 12.4. The molecule has 1 aromatic rings. The molecule has 0 spiro atoms. The summed E-state index contributed by atoms with van der Waals surface area (Å²) in [6.07, 6.45) is -4.97. The second-order valence-corrected chi connectivity index (χ2v) is 6.96. The Labute approximate surface area is 128 Å². The van der Waals surface area contributed by atoms with Crippen LogP contribution in [0.25, 0.3) is 0 Å². The van der Waals surface area contributed by atoms with Crippen LogP contribution in [0.4, 0.5) is 18.0 Å². The average Bonchev–Trinajstić information content (AvgIpc) is 2.64. The Morgan fingerprint density at radius 1 is 1.29 bits per heavy atom. The van der Waals surface area contributed by atoms with Crippen LogP contribution >= 0.6 is 0 Å². The topological polar surface area (TPSA) is 47.4 Å². The highest BCUT2D eigenvalue weighted by molar-refractivity contribution is 6.32. The molecule has 116 valence electrons. The highest BCUT2D eigenvalue weighted by atomic mass is 27.0. The normalized spacial score (nSPS) is 15.8. The summed E-state index contributed by atoms with van der Waals surface area (Å²) in [4.78, 5) is 17.0. The van der Waals surface area contributed by atoms with Gasteiger partial charge >= 0.3 is 12.3 Å².